The number of rotatable bonds is 2. The molecule has 0 spiro atoms. The predicted molar refractivity (Wildman–Crippen MR) is 136 cm³/mol. The third-order valence-corrected chi connectivity index (χ3v) is 7.59. The van der Waals surface area contributed by atoms with E-state index in [1.165, 1.54) is 6.20 Å². The Hall–Kier alpha value is -1.76. The number of anilines is 1. The van der Waals surface area contributed by atoms with Gasteiger partial charge in [0.05, 0.1) is 6.20 Å². The van der Waals surface area contributed by atoms with Crippen molar-refractivity contribution in [1.29, 1.82) is 0 Å². The number of aromatic nitrogens is 1. The summed E-state index contributed by atoms with van der Waals surface area (Å²) in [6.45, 7) is 7.24. The zero-order valence-electron chi connectivity index (χ0n) is 19.9. The van der Waals surface area contributed by atoms with Crippen LogP contribution in [0.3, 0.4) is 0 Å². The molecule has 1 aromatic heterocycles. The van der Waals surface area contributed by atoms with Gasteiger partial charge in [0.15, 0.2) is 0 Å². The molecule has 0 aliphatic heterocycles. The molecule has 9 N–H and O–H groups in total. The summed E-state index contributed by atoms with van der Waals surface area (Å²) in [4.78, 5) is 12.5. The summed E-state index contributed by atoms with van der Waals surface area (Å²) in [6, 6.07) is 1.72. The largest absolute Gasteiger partial charge is 0.398 e. The molecule has 4 radical (unpaired) electrons. The summed E-state index contributed by atoms with van der Waals surface area (Å²) in [5.74, 6) is 0. The number of benzene rings is 1. The number of carbonyl (C=O) groups excluding carboxylic acids is 1. The van der Waals surface area contributed by atoms with Crippen LogP contribution in [0.2, 0.25) is 0 Å². The number of hydrogen-bond donors (Lipinski definition) is 6. The SMILES string of the molecule is CC.CC(C)(O)c1ncc(S(N)=O)s1.NC=O.[B]C1(O)CCc2c1cc1c(c2N)CCC1([B])O. The Labute approximate surface area is 209 Å². The van der Waals surface area contributed by atoms with Crippen molar-refractivity contribution in [2.45, 2.75) is 74.2 Å². The number of primary amides is 1. The van der Waals surface area contributed by atoms with E-state index >= 15 is 0 Å². The minimum atomic E-state index is -1.50. The van der Waals surface area contributed by atoms with Crippen LogP contribution in [0, 0.1) is 0 Å². The van der Waals surface area contributed by atoms with Crippen LogP contribution in [0.1, 0.15) is 67.8 Å². The van der Waals surface area contributed by atoms with Crippen molar-refractivity contribution in [3.05, 3.63) is 39.5 Å². The maximum atomic E-state index is 10.8. The van der Waals surface area contributed by atoms with Crippen molar-refractivity contribution in [1.82, 2.24) is 4.98 Å². The van der Waals surface area contributed by atoms with Gasteiger partial charge in [-0.05, 0) is 61.8 Å². The van der Waals surface area contributed by atoms with Gasteiger partial charge < -0.3 is 26.8 Å². The average Bonchev–Trinajstić information content (AvgIpc) is 3.42. The first kappa shape index (κ1) is 30.3. The van der Waals surface area contributed by atoms with Crippen LogP contribution in [0.4, 0.5) is 5.69 Å². The Balaban J connectivity index is 0.000000299. The van der Waals surface area contributed by atoms with E-state index in [0.29, 0.717) is 51.7 Å². The third-order valence-electron chi connectivity index (χ3n) is 5.24. The highest BCUT2D eigenvalue weighted by Gasteiger charge is 2.39. The molecule has 0 saturated carbocycles. The van der Waals surface area contributed by atoms with E-state index in [4.69, 9.17) is 31.4 Å². The lowest BCUT2D eigenvalue weighted by Crippen LogP contribution is -2.25. The standard InChI is InChI=1S/C12H13B2NO2.C6H10N2O2S2.C2H6.CH3NO/c13-11(16)3-1-6-8(11)5-9-7(10(6)15)2-4-12(9,14)17;1-6(2,9)5-8-3-4(11-5)12(7)10;1-2;2-1-3/h5,16-17H,1-4,15H2;3,9H,7H2,1-2H3;1-2H3;1H,(H2,2,3). The second kappa shape index (κ2) is 11.8. The van der Waals surface area contributed by atoms with E-state index in [2.05, 4.69) is 10.7 Å². The van der Waals surface area contributed by atoms with Gasteiger partial charge in [-0.15, -0.1) is 11.3 Å². The van der Waals surface area contributed by atoms with Gasteiger partial charge in [0.25, 0.3) is 0 Å². The fourth-order valence-electron chi connectivity index (χ4n) is 3.64. The minimum absolute atomic E-state index is 0.250. The van der Waals surface area contributed by atoms with E-state index in [0.717, 1.165) is 22.5 Å². The van der Waals surface area contributed by atoms with Gasteiger partial charge in [0.2, 0.25) is 6.41 Å². The molecule has 2 aliphatic carbocycles. The Morgan fingerprint density at radius 1 is 1.15 bits per heavy atom. The monoisotopic (exact) mass is 506 g/mol. The maximum Gasteiger partial charge on any atom is 0.204 e. The van der Waals surface area contributed by atoms with Crippen LogP contribution in [0.15, 0.2) is 16.5 Å². The molecule has 1 heterocycles. The lowest BCUT2D eigenvalue weighted by molar-refractivity contribution is -0.106. The van der Waals surface area contributed by atoms with Crippen LogP contribution in [-0.2, 0) is 45.2 Å². The normalized spacial score (nSPS) is 23.1. The number of nitrogen functional groups attached to an aromatic ring is 1. The molecule has 0 saturated heterocycles. The van der Waals surface area contributed by atoms with Gasteiger partial charge >= 0.3 is 0 Å². The number of amides is 1. The van der Waals surface area contributed by atoms with Gasteiger partial charge in [0.1, 0.15) is 41.5 Å². The molecule has 2 aromatic rings. The number of nitrogens with two attached hydrogens (primary N) is 3. The van der Waals surface area contributed by atoms with Crippen molar-refractivity contribution in [2.24, 2.45) is 10.9 Å². The fraction of sp³-hybridized carbons (Fsp3) is 0.524. The van der Waals surface area contributed by atoms with E-state index in [1.807, 2.05) is 13.8 Å². The molecule has 2 aliphatic rings. The number of nitrogens with zero attached hydrogens (tertiary/aromatic N) is 1. The zero-order chi connectivity index (χ0) is 26.5. The van der Waals surface area contributed by atoms with E-state index in [9.17, 15) is 19.5 Å². The lowest BCUT2D eigenvalue weighted by atomic mass is 9.72. The van der Waals surface area contributed by atoms with Crippen molar-refractivity contribution >= 4 is 50.1 Å². The van der Waals surface area contributed by atoms with Gasteiger partial charge in [-0.1, -0.05) is 19.9 Å². The van der Waals surface area contributed by atoms with Crippen molar-refractivity contribution in [3.8, 4) is 0 Å². The summed E-state index contributed by atoms with van der Waals surface area (Å²) in [7, 11) is 10.1. The maximum absolute atomic E-state index is 10.8. The van der Waals surface area contributed by atoms with E-state index in [1.54, 1.807) is 19.9 Å². The quantitative estimate of drug-likeness (QED) is 0.192. The van der Waals surface area contributed by atoms with Crippen LogP contribution in [0.25, 0.3) is 0 Å². The van der Waals surface area contributed by atoms with E-state index in [-0.39, 0.29) is 6.41 Å². The Kier molecular flexibility index (Phi) is 10.5. The molecular formula is C21H32B2N4O5S2. The first-order chi connectivity index (χ1) is 15.7. The summed E-state index contributed by atoms with van der Waals surface area (Å²) in [5, 5.41) is 35.3. The molecule has 1 aromatic carbocycles. The molecule has 0 fully saturated rings. The first-order valence-corrected chi connectivity index (χ1v) is 12.7. The van der Waals surface area contributed by atoms with Crippen LogP contribution in [0.5, 0.6) is 0 Å². The van der Waals surface area contributed by atoms with Gasteiger partial charge in [0, 0.05) is 16.7 Å². The summed E-state index contributed by atoms with van der Waals surface area (Å²) in [5.41, 5.74) is 10.3. The van der Waals surface area contributed by atoms with Gasteiger partial charge in [-0.25, -0.2) is 14.3 Å². The lowest BCUT2D eigenvalue weighted by Gasteiger charge is -2.24. The van der Waals surface area contributed by atoms with Crippen LogP contribution >= 0.6 is 11.3 Å². The molecule has 3 atom stereocenters. The van der Waals surface area contributed by atoms with Crippen molar-refractivity contribution in [3.63, 3.8) is 0 Å². The third kappa shape index (κ3) is 6.89. The number of carbonyl (C=O) groups is 1. The van der Waals surface area contributed by atoms with Crippen molar-refractivity contribution in [2.75, 3.05) is 5.73 Å². The Bertz CT molecular complexity index is 981. The molecule has 184 valence electrons. The summed E-state index contributed by atoms with van der Waals surface area (Å²) < 4.78 is 11.2. The number of hydrogen-bond acceptors (Lipinski definition) is 8. The smallest absolute Gasteiger partial charge is 0.204 e. The second-order valence-corrected chi connectivity index (χ2v) is 10.5. The minimum Gasteiger partial charge on any atom is -0.398 e. The fourth-order valence-corrected chi connectivity index (χ4v) is 5.01. The highest BCUT2D eigenvalue weighted by atomic mass is 32.2. The zero-order valence-corrected chi connectivity index (χ0v) is 21.5. The molecular weight excluding hydrogens is 474 g/mol. The molecule has 0 bridgehead atoms. The predicted octanol–water partition coefficient (Wildman–Crippen LogP) is 0.268. The second-order valence-electron chi connectivity index (χ2n) is 8.17. The number of thiazole rings is 1. The van der Waals surface area contributed by atoms with Gasteiger partial charge in [-0.3, -0.25) is 4.79 Å². The molecule has 1 amide bonds. The number of fused-ring (bicyclic) bond motifs is 2. The Morgan fingerprint density at radius 3 is 1.85 bits per heavy atom. The Morgan fingerprint density at radius 2 is 1.56 bits per heavy atom. The molecule has 3 unspecified atom stereocenters. The average molecular weight is 506 g/mol. The highest BCUT2D eigenvalue weighted by molar-refractivity contribution is 7.85. The molecule has 4 rings (SSSR count). The highest BCUT2D eigenvalue weighted by Crippen LogP contribution is 2.46. The summed E-state index contributed by atoms with van der Waals surface area (Å²) in [6.07, 6.45) is 3.93. The number of aliphatic hydroxyl groups is 3. The van der Waals surface area contributed by atoms with Crippen LogP contribution in [-0.4, -0.2) is 46.6 Å². The van der Waals surface area contributed by atoms with Gasteiger partial charge in [-0.2, -0.15) is 0 Å². The first-order valence-electron chi connectivity index (χ1n) is 10.6. The van der Waals surface area contributed by atoms with Crippen molar-refractivity contribution < 1.29 is 24.3 Å². The molecule has 9 nitrogen and oxygen atoms in total. The summed E-state index contributed by atoms with van der Waals surface area (Å²) >= 11 is 1.16. The van der Waals surface area contributed by atoms with Crippen LogP contribution < -0.4 is 16.6 Å². The molecule has 13 heteroatoms. The van der Waals surface area contributed by atoms with E-state index < -0.39 is 27.6 Å². The molecule has 34 heavy (non-hydrogen) atoms. The topological polar surface area (TPSA) is 186 Å².